The highest BCUT2D eigenvalue weighted by Gasteiger charge is 2.22. The van der Waals surface area contributed by atoms with Gasteiger partial charge in [-0.1, -0.05) is 23.7 Å². The van der Waals surface area contributed by atoms with Gasteiger partial charge in [-0.3, -0.25) is 4.72 Å². The number of nitriles is 1. The highest BCUT2D eigenvalue weighted by Crippen LogP contribution is 2.29. The van der Waals surface area contributed by atoms with E-state index in [9.17, 15) is 13.7 Å². The van der Waals surface area contributed by atoms with Gasteiger partial charge in [-0.15, -0.1) is 0 Å². The van der Waals surface area contributed by atoms with Gasteiger partial charge in [-0.25, -0.2) is 13.4 Å². The van der Waals surface area contributed by atoms with E-state index >= 15 is 0 Å². The van der Waals surface area contributed by atoms with Gasteiger partial charge in [0.15, 0.2) is 11.6 Å². The van der Waals surface area contributed by atoms with Crippen LogP contribution in [0.2, 0.25) is 5.02 Å². The molecule has 2 aromatic carbocycles. The van der Waals surface area contributed by atoms with Crippen molar-refractivity contribution in [2.75, 3.05) is 11.8 Å². The number of pyridine rings is 1. The highest BCUT2D eigenvalue weighted by molar-refractivity contribution is 7.92. The molecule has 0 aliphatic rings. The summed E-state index contributed by atoms with van der Waals surface area (Å²) in [6, 6.07) is 15.0. The fraction of sp³-hybridized carbons (Fsp3) is 0.0952. The summed E-state index contributed by atoms with van der Waals surface area (Å²) in [5.41, 5.74) is 1.54. The molecule has 0 radical (unpaired) electrons. The third-order valence-corrected chi connectivity index (χ3v) is 6.28. The molecule has 2 aromatic heterocycles. The van der Waals surface area contributed by atoms with Gasteiger partial charge in [-0.05, 0) is 48.9 Å². The molecule has 0 unspecified atom stereocenters. The number of anilines is 1. The Kier molecular flexibility index (Phi) is 5.27. The van der Waals surface area contributed by atoms with Crippen LogP contribution in [0, 0.1) is 18.3 Å². The minimum atomic E-state index is -4.00. The molecule has 0 spiro atoms. The zero-order valence-electron chi connectivity index (χ0n) is 16.5. The second kappa shape index (κ2) is 7.91. The topological polar surface area (TPSA) is 110 Å². The molecule has 4 rings (SSSR count). The third kappa shape index (κ3) is 3.79. The Labute approximate surface area is 183 Å². The Hall–Kier alpha value is -3.61. The number of sulfonamides is 1. The molecule has 10 heteroatoms. The van der Waals surface area contributed by atoms with Crippen molar-refractivity contribution in [3.8, 4) is 17.6 Å². The first-order valence-corrected chi connectivity index (χ1v) is 10.9. The van der Waals surface area contributed by atoms with Crippen LogP contribution in [0.5, 0.6) is 5.75 Å². The zero-order valence-corrected chi connectivity index (χ0v) is 18.1. The molecule has 8 nitrogen and oxygen atoms in total. The summed E-state index contributed by atoms with van der Waals surface area (Å²) >= 11 is 5.85. The van der Waals surface area contributed by atoms with E-state index in [-0.39, 0.29) is 16.3 Å². The lowest BCUT2D eigenvalue weighted by molar-refractivity contribution is 0.419. The summed E-state index contributed by atoms with van der Waals surface area (Å²) in [7, 11) is -2.45. The van der Waals surface area contributed by atoms with Crippen molar-refractivity contribution in [3.05, 3.63) is 70.9 Å². The first-order valence-electron chi connectivity index (χ1n) is 9.05. The predicted molar refractivity (Wildman–Crippen MR) is 117 cm³/mol. The van der Waals surface area contributed by atoms with Crippen molar-refractivity contribution < 1.29 is 13.2 Å². The van der Waals surface area contributed by atoms with Gasteiger partial charge in [0.05, 0.1) is 18.2 Å². The number of rotatable bonds is 5. The Morgan fingerprint density at radius 3 is 2.61 bits per heavy atom. The van der Waals surface area contributed by atoms with E-state index in [4.69, 9.17) is 16.3 Å². The molecular formula is C21H16ClN5O3S. The van der Waals surface area contributed by atoms with Crippen molar-refractivity contribution in [3.63, 3.8) is 0 Å². The molecule has 4 aromatic rings. The van der Waals surface area contributed by atoms with Gasteiger partial charge in [0.1, 0.15) is 22.9 Å². The number of ether oxygens (including phenoxy) is 1. The largest absolute Gasteiger partial charge is 0.494 e. The maximum absolute atomic E-state index is 12.9. The summed E-state index contributed by atoms with van der Waals surface area (Å²) in [6.07, 6.45) is 1.28. The average Bonchev–Trinajstić information content (AvgIpc) is 3.15. The molecule has 156 valence electrons. The summed E-state index contributed by atoms with van der Waals surface area (Å²) in [5.74, 6) is 0.891. The molecule has 1 N–H and O–H groups in total. The number of halogens is 1. The summed E-state index contributed by atoms with van der Waals surface area (Å²) < 4.78 is 34.9. The average molecular weight is 454 g/mol. The van der Waals surface area contributed by atoms with Crippen LogP contribution in [-0.4, -0.2) is 30.3 Å². The molecule has 0 bridgehead atoms. The number of fused-ring (bicyclic) bond motifs is 1. The predicted octanol–water partition coefficient (Wildman–Crippen LogP) is 4.06. The Bertz CT molecular complexity index is 1440. The van der Waals surface area contributed by atoms with Crippen LogP contribution in [0.15, 0.2) is 59.6 Å². The Balaban J connectivity index is 1.86. The number of benzene rings is 2. The van der Waals surface area contributed by atoms with Gasteiger partial charge in [-0.2, -0.15) is 15.0 Å². The number of aromatic nitrogens is 3. The van der Waals surface area contributed by atoms with Crippen LogP contribution in [-0.2, 0) is 10.0 Å². The second-order valence-electron chi connectivity index (χ2n) is 6.64. The third-order valence-electron chi connectivity index (χ3n) is 4.68. The summed E-state index contributed by atoms with van der Waals surface area (Å²) in [5, 5.41) is 15.0. The van der Waals surface area contributed by atoms with Gasteiger partial charge >= 0.3 is 0 Å². The quantitative estimate of drug-likeness (QED) is 0.487. The van der Waals surface area contributed by atoms with E-state index in [1.807, 2.05) is 25.1 Å². The minimum absolute atomic E-state index is 0.00198. The standard InChI is InChI=1S/C21H16ClN5O3S/c1-13-10-19(25-20-17(13)4-3-5-18(20)30-2)27-21(14(11-23)12-24-27)26-31(28,29)16-8-6-15(22)7-9-16/h3-10,12,26H,1-2H3. The molecule has 0 aliphatic heterocycles. The molecular weight excluding hydrogens is 438 g/mol. The fourth-order valence-electron chi connectivity index (χ4n) is 3.15. The van der Waals surface area contributed by atoms with Crippen molar-refractivity contribution in [2.24, 2.45) is 0 Å². The fourth-order valence-corrected chi connectivity index (χ4v) is 4.34. The van der Waals surface area contributed by atoms with Crippen LogP contribution < -0.4 is 9.46 Å². The number of para-hydroxylation sites is 1. The number of hydrogen-bond acceptors (Lipinski definition) is 6. The van der Waals surface area contributed by atoms with Crippen molar-refractivity contribution in [1.82, 2.24) is 14.8 Å². The number of nitrogens with zero attached hydrogens (tertiary/aromatic N) is 4. The van der Waals surface area contributed by atoms with Gasteiger partial charge in [0.2, 0.25) is 0 Å². The van der Waals surface area contributed by atoms with E-state index in [0.717, 1.165) is 10.9 Å². The number of aryl methyl sites for hydroxylation is 1. The van der Waals surface area contributed by atoms with Crippen molar-refractivity contribution in [2.45, 2.75) is 11.8 Å². The minimum Gasteiger partial charge on any atom is -0.494 e. The summed E-state index contributed by atoms with van der Waals surface area (Å²) in [4.78, 5) is 4.61. The monoisotopic (exact) mass is 453 g/mol. The first kappa shape index (κ1) is 20.7. The molecule has 2 heterocycles. The van der Waals surface area contributed by atoms with E-state index in [1.54, 1.807) is 19.2 Å². The molecule has 0 atom stereocenters. The van der Waals surface area contributed by atoms with E-state index in [1.165, 1.54) is 35.1 Å². The van der Waals surface area contributed by atoms with Gasteiger partial charge in [0, 0.05) is 10.4 Å². The lowest BCUT2D eigenvalue weighted by atomic mass is 10.1. The SMILES string of the molecule is COc1cccc2c(C)cc(-n3ncc(C#N)c3NS(=O)(=O)c3ccc(Cl)cc3)nc12. The zero-order chi connectivity index (χ0) is 22.2. The number of nitrogens with one attached hydrogen (secondary N) is 1. The molecule has 0 fully saturated rings. The first-order chi connectivity index (χ1) is 14.8. The van der Waals surface area contributed by atoms with E-state index in [0.29, 0.717) is 22.1 Å². The molecule has 0 saturated carbocycles. The smallest absolute Gasteiger partial charge is 0.263 e. The van der Waals surface area contributed by atoms with Gasteiger partial charge in [0.25, 0.3) is 10.0 Å². The van der Waals surface area contributed by atoms with Crippen LogP contribution in [0.3, 0.4) is 0 Å². The highest BCUT2D eigenvalue weighted by atomic mass is 35.5. The van der Waals surface area contributed by atoms with Crippen LogP contribution in [0.1, 0.15) is 11.1 Å². The normalized spacial score (nSPS) is 11.3. The molecule has 0 saturated heterocycles. The number of methoxy groups -OCH3 is 1. The van der Waals surface area contributed by atoms with Crippen molar-refractivity contribution >= 4 is 38.3 Å². The lowest BCUT2D eigenvalue weighted by Gasteiger charge is -2.13. The number of hydrogen-bond donors (Lipinski definition) is 1. The summed E-state index contributed by atoms with van der Waals surface area (Å²) in [6.45, 7) is 1.90. The lowest BCUT2D eigenvalue weighted by Crippen LogP contribution is -2.17. The Morgan fingerprint density at radius 2 is 1.94 bits per heavy atom. The van der Waals surface area contributed by atoms with E-state index in [2.05, 4.69) is 14.8 Å². The maximum atomic E-state index is 12.9. The molecule has 31 heavy (non-hydrogen) atoms. The van der Waals surface area contributed by atoms with Crippen molar-refractivity contribution in [1.29, 1.82) is 5.26 Å². The van der Waals surface area contributed by atoms with Crippen LogP contribution >= 0.6 is 11.6 Å². The molecule has 0 amide bonds. The second-order valence-corrected chi connectivity index (χ2v) is 8.76. The Morgan fingerprint density at radius 1 is 1.19 bits per heavy atom. The molecule has 0 aliphatic carbocycles. The van der Waals surface area contributed by atoms with Crippen LogP contribution in [0.4, 0.5) is 5.82 Å². The van der Waals surface area contributed by atoms with Gasteiger partial charge < -0.3 is 4.74 Å². The van der Waals surface area contributed by atoms with E-state index < -0.39 is 10.0 Å². The maximum Gasteiger partial charge on any atom is 0.263 e. The van der Waals surface area contributed by atoms with Crippen LogP contribution in [0.25, 0.3) is 16.7 Å².